The highest BCUT2D eigenvalue weighted by Crippen LogP contribution is 2.26. The summed E-state index contributed by atoms with van der Waals surface area (Å²) >= 11 is 0. The molecule has 1 saturated heterocycles. The van der Waals surface area contributed by atoms with E-state index in [1.807, 2.05) is 18.2 Å². The van der Waals surface area contributed by atoms with E-state index in [0.717, 1.165) is 64.1 Å². The van der Waals surface area contributed by atoms with Crippen LogP contribution >= 0.6 is 24.0 Å². The van der Waals surface area contributed by atoms with Crippen LogP contribution in [0.5, 0.6) is 5.75 Å². The number of halogens is 1. The van der Waals surface area contributed by atoms with Crippen molar-refractivity contribution in [1.82, 2.24) is 10.6 Å². The van der Waals surface area contributed by atoms with Gasteiger partial charge >= 0.3 is 0 Å². The minimum Gasteiger partial charge on any atom is -0.496 e. The summed E-state index contributed by atoms with van der Waals surface area (Å²) in [5, 5.41) is 6.69. The average molecular weight is 505 g/mol. The average Bonchev–Trinajstić information content (AvgIpc) is 3.21. The predicted octanol–water partition coefficient (Wildman–Crippen LogP) is 3.42. The van der Waals surface area contributed by atoms with Crippen LogP contribution in [0, 0.1) is 5.92 Å². The van der Waals surface area contributed by atoms with Gasteiger partial charge in [0.05, 0.1) is 20.3 Å². The third kappa shape index (κ3) is 8.96. The van der Waals surface area contributed by atoms with E-state index in [-0.39, 0.29) is 29.9 Å². The largest absolute Gasteiger partial charge is 0.496 e. The Morgan fingerprint density at radius 2 is 2.14 bits per heavy atom. The molecule has 0 amide bonds. The molecule has 1 aromatic carbocycles. The molecule has 28 heavy (non-hydrogen) atoms. The lowest BCUT2D eigenvalue weighted by Crippen LogP contribution is -2.38. The van der Waals surface area contributed by atoms with Crippen LogP contribution < -0.4 is 15.4 Å². The Balaban J connectivity index is 0.00000392. The van der Waals surface area contributed by atoms with Crippen molar-refractivity contribution in [2.45, 2.75) is 32.6 Å². The van der Waals surface area contributed by atoms with E-state index in [9.17, 15) is 0 Å². The second-order valence-electron chi connectivity index (χ2n) is 6.95. The third-order valence-corrected chi connectivity index (χ3v) is 4.67. The lowest BCUT2D eigenvalue weighted by Gasteiger charge is -2.16. The number of ether oxygens (including phenoxy) is 3. The number of guanidine groups is 1. The molecule has 2 unspecified atom stereocenters. The number of hydrogen-bond donors (Lipinski definition) is 2. The molecule has 2 rings (SSSR count). The zero-order valence-electron chi connectivity index (χ0n) is 17.4. The van der Waals surface area contributed by atoms with Crippen molar-refractivity contribution in [3.63, 3.8) is 0 Å². The van der Waals surface area contributed by atoms with Crippen molar-refractivity contribution in [2.75, 3.05) is 53.2 Å². The zero-order valence-corrected chi connectivity index (χ0v) is 19.7. The molecule has 1 aliphatic rings. The number of nitrogens with zero attached hydrogens (tertiary/aromatic N) is 1. The van der Waals surface area contributed by atoms with Crippen molar-refractivity contribution in [3.8, 4) is 5.75 Å². The molecule has 7 heteroatoms. The van der Waals surface area contributed by atoms with Gasteiger partial charge in [0.1, 0.15) is 5.75 Å². The maximum absolute atomic E-state index is 5.75. The van der Waals surface area contributed by atoms with E-state index in [1.54, 1.807) is 7.11 Å². The van der Waals surface area contributed by atoms with E-state index in [4.69, 9.17) is 19.2 Å². The third-order valence-electron chi connectivity index (χ3n) is 4.67. The quantitative estimate of drug-likeness (QED) is 0.209. The van der Waals surface area contributed by atoms with E-state index in [2.05, 4.69) is 30.5 Å². The fraction of sp³-hybridized carbons (Fsp3) is 0.667. The molecule has 0 aromatic heterocycles. The summed E-state index contributed by atoms with van der Waals surface area (Å²) in [5.74, 6) is 2.63. The lowest BCUT2D eigenvalue weighted by molar-refractivity contribution is 0.0888. The van der Waals surface area contributed by atoms with Crippen molar-refractivity contribution in [1.29, 1.82) is 0 Å². The molecule has 0 radical (unpaired) electrons. The Bertz CT molecular complexity index is 566. The van der Waals surface area contributed by atoms with E-state index >= 15 is 0 Å². The first kappa shape index (κ1) is 25.0. The molecular weight excluding hydrogens is 469 g/mol. The predicted molar refractivity (Wildman–Crippen MR) is 125 cm³/mol. The molecule has 1 heterocycles. The number of methoxy groups -OCH3 is 1. The number of rotatable bonds is 11. The SMILES string of the molecule is CCNC(=NCC(C)c1ccccc1OC)NCCCOCC1CCOC1.I. The molecule has 6 nitrogen and oxygen atoms in total. The summed E-state index contributed by atoms with van der Waals surface area (Å²) < 4.78 is 16.6. The summed E-state index contributed by atoms with van der Waals surface area (Å²) in [7, 11) is 1.71. The molecule has 1 aliphatic heterocycles. The van der Waals surface area contributed by atoms with Crippen LogP contribution in [0.3, 0.4) is 0 Å². The smallest absolute Gasteiger partial charge is 0.191 e. The van der Waals surface area contributed by atoms with Gasteiger partial charge in [-0.2, -0.15) is 0 Å². The van der Waals surface area contributed by atoms with Crippen molar-refractivity contribution < 1.29 is 14.2 Å². The molecule has 0 saturated carbocycles. The highest BCUT2D eigenvalue weighted by molar-refractivity contribution is 14.0. The highest BCUT2D eigenvalue weighted by Gasteiger charge is 2.15. The van der Waals surface area contributed by atoms with E-state index < -0.39 is 0 Å². The van der Waals surface area contributed by atoms with Crippen LogP contribution in [0.25, 0.3) is 0 Å². The second kappa shape index (κ2) is 14.9. The van der Waals surface area contributed by atoms with E-state index in [0.29, 0.717) is 12.5 Å². The molecule has 2 atom stereocenters. The summed E-state index contributed by atoms with van der Waals surface area (Å²) in [4.78, 5) is 4.73. The Morgan fingerprint density at radius 3 is 2.86 bits per heavy atom. The van der Waals surface area contributed by atoms with Gasteiger partial charge < -0.3 is 24.8 Å². The molecule has 0 bridgehead atoms. The summed E-state index contributed by atoms with van der Waals surface area (Å²) in [6.07, 6.45) is 2.08. The lowest BCUT2D eigenvalue weighted by atomic mass is 10.0. The molecule has 1 fully saturated rings. The van der Waals surface area contributed by atoms with Gasteiger partial charge in [0.2, 0.25) is 0 Å². The summed E-state index contributed by atoms with van der Waals surface area (Å²) in [6, 6.07) is 8.13. The Hall–Kier alpha value is -1.06. The van der Waals surface area contributed by atoms with Gasteiger partial charge in [0.25, 0.3) is 0 Å². The van der Waals surface area contributed by atoms with Crippen LogP contribution in [-0.4, -0.2) is 59.1 Å². The summed E-state index contributed by atoms with van der Waals surface area (Å²) in [5.41, 5.74) is 1.18. The Labute approximate surface area is 186 Å². The topological polar surface area (TPSA) is 64.1 Å². The fourth-order valence-corrected chi connectivity index (χ4v) is 3.09. The first-order chi connectivity index (χ1) is 13.2. The molecule has 160 valence electrons. The minimum absolute atomic E-state index is 0. The van der Waals surface area contributed by atoms with Gasteiger partial charge in [0, 0.05) is 44.7 Å². The molecule has 1 aromatic rings. The molecular formula is C21H36IN3O3. The van der Waals surface area contributed by atoms with Gasteiger partial charge in [-0.1, -0.05) is 25.1 Å². The van der Waals surface area contributed by atoms with Crippen LogP contribution in [0.2, 0.25) is 0 Å². The van der Waals surface area contributed by atoms with Gasteiger partial charge in [-0.25, -0.2) is 0 Å². The maximum atomic E-state index is 5.75. The molecule has 0 spiro atoms. The first-order valence-electron chi connectivity index (χ1n) is 10.0. The molecule has 0 aliphatic carbocycles. The standard InChI is InChI=1S/C21H35N3O3.HI/c1-4-22-21(23-11-7-12-26-15-18-10-13-27-16-18)24-14-17(2)19-8-5-6-9-20(19)25-3;/h5-6,8-9,17-18H,4,7,10-16H2,1-3H3,(H2,22,23,24);1H. The van der Waals surface area contributed by atoms with Crippen LogP contribution in [-0.2, 0) is 9.47 Å². The maximum Gasteiger partial charge on any atom is 0.191 e. The zero-order chi connectivity index (χ0) is 19.3. The summed E-state index contributed by atoms with van der Waals surface area (Å²) in [6.45, 7) is 9.94. The van der Waals surface area contributed by atoms with Gasteiger partial charge in [-0.15, -0.1) is 24.0 Å². The second-order valence-corrected chi connectivity index (χ2v) is 6.95. The van der Waals surface area contributed by atoms with Gasteiger partial charge in [0.15, 0.2) is 5.96 Å². The monoisotopic (exact) mass is 505 g/mol. The highest BCUT2D eigenvalue weighted by atomic mass is 127. The van der Waals surface area contributed by atoms with Crippen molar-refractivity contribution >= 4 is 29.9 Å². The number of aliphatic imine (C=N–C) groups is 1. The minimum atomic E-state index is 0. The van der Waals surface area contributed by atoms with Gasteiger partial charge in [-0.05, 0) is 31.4 Å². The number of nitrogens with one attached hydrogen (secondary N) is 2. The van der Waals surface area contributed by atoms with Crippen LogP contribution in [0.15, 0.2) is 29.3 Å². The number of benzene rings is 1. The Kier molecular flexibility index (Phi) is 13.3. The van der Waals surface area contributed by atoms with Crippen LogP contribution in [0.4, 0.5) is 0 Å². The number of hydrogen-bond acceptors (Lipinski definition) is 4. The van der Waals surface area contributed by atoms with Crippen LogP contribution in [0.1, 0.15) is 38.2 Å². The molecule has 2 N–H and O–H groups in total. The van der Waals surface area contributed by atoms with Crippen molar-refractivity contribution in [2.24, 2.45) is 10.9 Å². The van der Waals surface area contributed by atoms with Gasteiger partial charge in [-0.3, -0.25) is 4.99 Å². The van der Waals surface area contributed by atoms with E-state index in [1.165, 1.54) is 5.56 Å². The normalized spacial score (nSPS) is 17.7. The Morgan fingerprint density at radius 1 is 1.32 bits per heavy atom. The first-order valence-corrected chi connectivity index (χ1v) is 10.0. The number of para-hydroxylation sites is 1. The van der Waals surface area contributed by atoms with Crippen molar-refractivity contribution in [3.05, 3.63) is 29.8 Å². The fourth-order valence-electron chi connectivity index (χ4n) is 3.09.